The number of amides is 1. The number of benzene rings is 1. The van der Waals surface area contributed by atoms with E-state index in [9.17, 15) is 31.1 Å². The van der Waals surface area contributed by atoms with Crippen molar-refractivity contribution in [1.29, 1.82) is 0 Å². The van der Waals surface area contributed by atoms with Crippen LogP contribution in [0.1, 0.15) is 41.8 Å². The smallest absolute Gasteiger partial charge is 0.301 e. The van der Waals surface area contributed by atoms with E-state index in [4.69, 9.17) is 0 Å². The van der Waals surface area contributed by atoms with Crippen LogP contribution in [0.3, 0.4) is 0 Å². The largest absolute Gasteiger partial charge is 0.416 e. The maximum Gasteiger partial charge on any atom is 0.416 e. The second-order valence-electron chi connectivity index (χ2n) is 8.42. The first-order valence-corrected chi connectivity index (χ1v) is 11.1. The fourth-order valence-electron chi connectivity index (χ4n) is 3.96. The number of rotatable bonds is 7. The molecule has 0 spiro atoms. The van der Waals surface area contributed by atoms with Crippen molar-refractivity contribution >= 4 is 11.6 Å². The zero-order valence-corrected chi connectivity index (χ0v) is 19.3. The molecule has 3 rings (SSSR count). The van der Waals surface area contributed by atoms with Gasteiger partial charge in [0.25, 0.3) is 5.91 Å². The molecule has 12 heteroatoms. The average Bonchev–Trinajstić information content (AvgIpc) is 2.79. The molecule has 1 unspecified atom stereocenters. The number of aromatic nitrogens is 1. The summed E-state index contributed by atoms with van der Waals surface area (Å²) in [5.74, 6) is -0.620. The van der Waals surface area contributed by atoms with Gasteiger partial charge < -0.3 is 4.90 Å². The maximum atomic E-state index is 13.2. The maximum absolute atomic E-state index is 13.2. The van der Waals surface area contributed by atoms with Crippen molar-refractivity contribution in [2.75, 3.05) is 38.1 Å². The molecule has 1 aliphatic rings. The molecule has 2 N–H and O–H groups in total. The third-order valence-electron chi connectivity index (χ3n) is 5.73. The quantitative estimate of drug-likeness (QED) is 0.426. The molecule has 0 saturated carbocycles. The number of hydrogen-bond acceptors (Lipinski definition) is 5. The number of hydrogen-bond donors (Lipinski definition) is 2. The van der Waals surface area contributed by atoms with Gasteiger partial charge >= 0.3 is 12.4 Å². The van der Waals surface area contributed by atoms with Gasteiger partial charge in [0.2, 0.25) is 0 Å². The van der Waals surface area contributed by atoms with Crippen molar-refractivity contribution in [3.8, 4) is 0 Å². The zero-order valence-electron chi connectivity index (χ0n) is 19.3. The van der Waals surface area contributed by atoms with E-state index < -0.39 is 41.1 Å². The molecule has 0 aliphatic carbocycles. The third-order valence-corrected chi connectivity index (χ3v) is 5.73. The molecule has 1 amide bonds. The van der Waals surface area contributed by atoms with Gasteiger partial charge in [0.15, 0.2) is 0 Å². The molecular weight excluding hydrogens is 476 g/mol. The first-order chi connectivity index (χ1) is 16.4. The second kappa shape index (κ2) is 10.8. The highest BCUT2D eigenvalue weighted by Crippen LogP contribution is 2.37. The van der Waals surface area contributed by atoms with Crippen LogP contribution in [0.25, 0.3) is 0 Å². The predicted molar refractivity (Wildman–Crippen MR) is 118 cm³/mol. The Balaban J connectivity index is 1.82. The second-order valence-corrected chi connectivity index (χ2v) is 8.42. The summed E-state index contributed by atoms with van der Waals surface area (Å²) in [6, 6.07) is 3.70. The molecule has 192 valence electrons. The number of alkyl halides is 6. The summed E-state index contributed by atoms with van der Waals surface area (Å²) < 4.78 is 78.9. The minimum Gasteiger partial charge on any atom is -0.301 e. The number of hydrazine groups is 1. The van der Waals surface area contributed by atoms with Crippen molar-refractivity contribution in [2.24, 2.45) is 0 Å². The fraction of sp³-hybridized carbons (Fsp3) is 0.478. The molecule has 1 fully saturated rings. The van der Waals surface area contributed by atoms with E-state index in [1.807, 2.05) is 4.90 Å². The number of carbonyl (C=O) groups is 1. The van der Waals surface area contributed by atoms with Gasteiger partial charge in [0.05, 0.1) is 16.8 Å². The topological polar surface area (TPSA) is 60.5 Å². The highest BCUT2D eigenvalue weighted by molar-refractivity contribution is 5.84. The van der Waals surface area contributed by atoms with E-state index in [2.05, 4.69) is 27.7 Å². The van der Waals surface area contributed by atoms with Gasteiger partial charge in [-0.2, -0.15) is 26.3 Å². The fourth-order valence-corrected chi connectivity index (χ4v) is 3.96. The number of anilines is 1. The molecule has 0 bridgehead atoms. The van der Waals surface area contributed by atoms with Gasteiger partial charge in [0.1, 0.15) is 6.04 Å². The predicted octanol–water partition coefficient (Wildman–Crippen LogP) is 4.64. The van der Waals surface area contributed by atoms with Gasteiger partial charge in [-0.3, -0.25) is 25.5 Å². The zero-order chi connectivity index (χ0) is 25.8. The minimum absolute atomic E-state index is 0.0313. The van der Waals surface area contributed by atoms with E-state index in [0.29, 0.717) is 30.8 Å². The van der Waals surface area contributed by atoms with Crippen LogP contribution in [-0.4, -0.2) is 53.4 Å². The Morgan fingerprint density at radius 2 is 1.60 bits per heavy atom. The normalized spacial score (nSPS) is 16.7. The SMILES string of the molecule is CCCN1CCN(C(C(=O)NNc2cc(C(F)(F)F)cc(C(F)(F)F)c2)c2ccc(C)nc2)CC1. The Bertz CT molecular complexity index is 969. The standard InChI is InChI=1S/C23H27F6N5O/c1-3-6-33-7-9-34(10-8-33)20(16-5-4-15(2)30-14-16)21(35)32-31-19-12-17(22(24,25)26)11-18(13-19)23(27,28)29/h4-5,11-14,20,31H,3,6-10H2,1-2H3,(H,32,35). The molecule has 1 aromatic carbocycles. The number of nitrogens with zero attached hydrogens (tertiary/aromatic N) is 3. The van der Waals surface area contributed by atoms with Crippen molar-refractivity contribution in [3.05, 3.63) is 58.9 Å². The van der Waals surface area contributed by atoms with Crippen LogP contribution in [0.15, 0.2) is 36.5 Å². The van der Waals surface area contributed by atoms with Crippen molar-refractivity contribution < 1.29 is 31.1 Å². The van der Waals surface area contributed by atoms with E-state index in [1.165, 1.54) is 0 Å². The van der Waals surface area contributed by atoms with Crippen molar-refractivity contribution in [3.63, 3.8) is 0 Å². The van der Waals surface area contributed by atoms with E-state index in [1.54, 1.807) is 25.3 Å². The van der Waals surface area contributed by atoms with Crippen LogP contribution in [0, 0.1) is 6.92 Å². The van der Waals surface area contributed by atoms with E-state index in [-0.39, 0.29) is 6.07 Å². The average molecular weight is 503 g/mol. The molecular formula is C23H27F6N5O. The summed E-state index contributed by atoms with van der Waals surface area (Å²) in [6.45, 7) is 7.37. The molecule has 6 nitrogen and oxygen atoms in total. The Labute approximate surface area is 199 Å². The van der Waals surface area contributed by atoms with Crippen molar-refractivity contribution in [1.82, 2.24) is 20.2 Å². The summed E-state index contributed by atoms with van der Waals surface area (Å²) >= 11 is 0. The summed E-state index contributed by atoms with van der Waals surface area (Å²) in [7, 11) is 0. The molecule has 0 radical (unpaired) electrons. The van der Waals surface area contributed by atoms with Crippen LogP contribution >= 0.6 is 0 Å². The number of halogens is 6. The summed E-state index contributed by atoms with van der Waals surface area (Å²) in [6.07, 6.45) is -7.44. The Hall–Kier alpha value is -2.86. The Morgan fingerprint density at radius 1 is 1.00 bits per heavy atom. The molecule has 1 aliphatic heterocycles. The van der Waals surface area contributed by atoms with Gasteiger partial charge in [-0.25, -0.2) is 0 Å². The molecule has 2 heterocycles. The Kier molecular flexibility index (Phi) is 8.26. The van der Waals surface area contributed by atoms with Crippen LogP contribution in [-0.2, 0) is 17.1 Å². The number of piperazine rings is 1. The Morgan fingerprint density at radius 3 is 2.09 bits per heavy atom. The lowest BCUT2D eigenvalue weighted by molar-refractivity contribution is -0.143. The van der Waals surface area contributed by atoms with E-state index in [0.717, 1.165) is 31.7 Å². The highest BCUT2D eigenvalue weighted by Gasteiger charge is 2.37. The monoisotopic (exact) mass is 503 g/mol. The molecule has 1 saturated heterocycles. The molecule has 1 atom stereocenters. The lowest BCUT2D eigenvalue weighted by Crippen LogP contribution is -2.51. The third kappa shape index (κ3) is 7.07. The lowest BCUT2D eigenvalue weighted by Gasteiger charge is -2.38. The van der Waals surface area contributed by atoms with Gasteiger partial charge in [-0.05, 0) is 49.7 Å². The molecule has 2 aromatic rings. The minimum atomic E-state index is -4.99. The highest BCUT2D eigenvalue weighted by atomic mass is 19.4. The van der Waals surface area contributed by atoms with Crippen LogP contribution < -0.4 is 10.9 Å². The van der Waals surface area contributed by atoms with Crippen LogP contribution in [0.5, 0.6) is 0 Å². The number of pyridine rings is 1. The first kappa shape index (κ1) is 26.7. The van der Waals surface area contributed by atoms with Gasteiger partial charge in [0, 0.05) is 38.1 Å². The van der Waals surface area contributed by atoms with Crippen LogP contribution in [0.2, 0.25) is 0 Å². The molecule has 1 aromatic heterocycles. The summed E-state index contributed by atoms with van der Waals surface area (Å²) in [4.78, 5) is 21.6. The van der Waals surface area contributed by atoms with Crippen molar-refractivity contribution in [2.45, 2.75) is 38.7 Å². The van der Waals surface area contributed by atoms with E-state index >= 15 is 0 Å². The van der Waals surface area contributed by atoms with Gasteiger partial charge in [-0.1, -0.05) is 13.0 Å². The number of carbonyl (C=O) groups excluding carboxylic acids is 1. The summed E-state index contributed by atoms with van der Waals surface area (Å²) in [5.41, 5.74) is 2.36. The molecule has 35 heavy (non-hydrogen) atoms. The number of aryl methyl sites for hydroxylation is 1. The number of nitrogens with one attached hydrogen (secondary N) is 2. The lowest BCUT2D eigenvalue weighted by atomic mass is 10.0. The van der Waals surface area contributed by atoms with Crippen LogP contribution in [0.4, 0.5) is 32.0 Å². The van der Waals surface area contributed by atoms with Gasteiger partial charge in [-0.15, -0.1) is 0 Å². The summed E-state index contributed by atoms with van der Waals surface area (Å²) in [5, 5.41) is 0. The first-order valence-electron chi connectivity index (χ1n) is 11.1.